The lowest BCUT2D eigenvalue weighted by molar-refractivity contribution is -0.0689. The second kappa shape index (κ2) is 4.65. The maximum Gasteiger partial charge on any atom is 0.224 e. The molecule has 1 aliphatic heterocycles. The summed E-state index contributed by atoms with van der Waals surface area (Å²) in [5.41, 5.74) is 0.866. The first kappa shape index (κ1) is 10.4. The number of hydrogen-bond acceptors (Lipinski definition) is 5. The van der Waals surface area contributed by atoms with Crippen molar-refractivity contribution in [2.45, 2.75) is 6.29 Å². The van der Waals surface area contributed by atoms with Crippen molar-refractivity contribution < 1.29 is 14.2 Å². The minimum Gasteiger partial charge on any atom is -0.472 e. The van der Waals surface area contributed by atoms with Gasteiger partial charge in [0.15, 0.2) is 6.29 Å². The molecule has 1 aromatic carbocycles. The highest BCUT2D eigenvalue weighted by Crippen LogP contribution is 2.21. The molecule has 1 aromatic heterocycles. The molecule has 17 heavy (non-hydrogen) atoms. The third-order valence-corrected chi connectivity index (χ3v) is 2.55. The van der Waals surface area contributed by atoms with Crippen molar-refractivity contribution in [2.24, 2.45) is 0 Å². The van der Waals surface area contributed by atoms with Crippen LogP contribution in [0.5, 0.6) is 5.88 Å². The molecule has 0 amide bonds. The van der Waals surface area contributed by atoms with Crippen molar-refractivity contribution in [2.75, 3.05) is 19.8 Å². The van der Waals surface area contributed by atoms with Crippen LogP contribution in [0.25, 0.3) is 10.9 Å². The van der Waals surface area contributed by atoms with Gasteiger partial charge < -0.3 is 14.2 Å². The Hall–Kier alpha value is -1.72. The number of benzene rings is 1. The molecule has 0 aliphatic carbocycles. The van der Waals surface area contributed by atoms with Gasteiger partial charge in [0.05, 0.1) is 24.1 Å². The normalized spacial score (nSPS) is 16.5. The molecular weight excluding hydrogens is 220 g/mol. The van der Waals surface area contributed by atoms with Gasteiger partial charge in [-0.15, -0.1) is 0 Å². The van der Waals surface area contributed by atoms with E-state index in [0.717, 1.165) is 10.9 Å². The molecule has 0 N–H and O–H groups in total. The predicted octanol–water partition coefficient (Wildman–Crippen LogP) is 1.38. The molecule has 3 rings (SSSR count). The van der Waals surface area contributed by atoms with Gasteiger partial charge in [-0.1, -0.05) is 12.1 Å². The molecule has 0 spiro atoms. The minimum atomic E-state index is -0.288. The van der Waals surface area contributed by atoms with Crippen LogP contribution in [-0.4, -0.2) is 36.1 Å². The van der Waals surface area contributed by atoms with Crippen molar-refractivity contribution in [3.8, 4) is 5.88 Å². The minimum absolute atomic E-state index is 0.288. The Kier molecular flexibility index (Phi) is 2.85. The van der Waals surface area contributed by atoms with E-state index in [-0.39, 0.29) is 6.29 Å². The molecule has 0 unspecified atom stereocenters. The smallest absolute Gasteiger partial charge is 0.224 e. The summed E-state index contributed by atoms with van der Waals surface area (Å²) < 4.78 is 16.2. The Morgan fingerprint density at radius 3 is 2.88 bits per heavy atom. The van der Waals surface area contributed by atoms with Gasteiger partial charge in [0.1, 0.15) is 12.9 Å². The largest absolute Gasteiger partial charge is 0.472 e. The fraction of sp³-hybridized carbons (Fsp3) is 0.333. The van der Waals surface area contributed by atoms with Gasteiger partial charge in [0.2, 0.25) is 5.88 Å². The Morgan fingerprint density at radius 1 is 1.18 bits per heavy atom. The molecule has 1 fully saturated rings. The third-order valence-electron chi connectivity index (χ3n) is 2.55. The molecule has 0 atom stereocenters. The number of para-hydroxylation sites is 1. The lowest BCUT2D eigenvalue weighted by Gasteiger charge is -2.11. The molecule has 0 radical (unpaired) electrons. The number of nitrogens with zero attached hydrogens (tertiary/aromatic N) is 2. The lowest BCUT2D eigenvalue weighted by Crippen LogP contribution is -2.18. The standard InChI is InChI=1S/C12H12N2O3/c1-2-4-10-9(3-1)12(14-8-13-10)17-7-11-15-5-6-16-11/h1-4,8,11H,5-7H2. The predicted molar refractivity (Wildman–Crippen MR) is 60.7 cm³/mol. The molecular formula is C12H12N2O3. The van der Waals surface area contributed by atoms with Crippen LogP contribution in [0.4, 0.5) is 0 Å². The molecule has 1 saturated heterocycles. The van der Waals surface area contributed by atoms with Crippen LogP contribution in [0.2, 0.25) is 0 Å². The monoisotopic (exact) mass is 232 g/mol. The molecule has 0 bridgehead atoms. The van der Waals surface area contributed by atoms with E-state index >= 15 is 0 Å². The Labute approximate surface area is 98.3 Å². The van der Waals surface area contributed by atoms with E-state index in [1.807, 2.05) is 24.3 Å². The van der Waals surface area contributed by atoms with E-state index in [0.29, 0.717) is 25.7 Å². The SMILES string of the molecule is c1ccc2c(OCC3OCCO3)ncnc2c1. The number of hydrogen-bond donors (Lipinski definition) is 0. The highest BCUT2D eigenvalue weighted by atomic mass is 16.7. The highest BCUT2D eigenvalue weighted by Gasteiger charge is 2.17. The highest BCUT2D eigenvalue weighted by molar-refractivity contribution is 5.82. The second-order valence-corrected chi connectivity index (χ2v) is 3.68. The van der Waals surface area contributed by atoms with E-state index in [4.69, 9.17) is 14.2 Å². The van der Waals surface area contributed by atoms with Gasteiger partial charge in [0, 0.05) is 0 Å². The molecule has 2 aromatic rings. The van der Waals surface area contributed by atoms with E-state index in [1.54, 1.807) is 0 Å². The van der Waals surface area contributed by atoms with Crippen LogP contribution in [0.15, 0.2) is 30.6 Å². The van der Waals surface area contributed by atoms with Crippen LogP contribution in [0, 0.1) is 0 Å². The first-order chi connectivity index (χ1) is 8.43. The molecule has 88 valence electrons. The molecule has 2 heterocycles. The van der Waals surface area contributed by atoms with Gasteiger partial charge in [-0.3, -0.25) is 0 Å². The van der Waals surface area contributed by atoms with Gasteiger partial charge in [-0.05, 0) is 12.1 Å². The van der Waals surface area contributed by atoms with Crippen LogP contribution in [0.1, 0.15) is 0 Å². The van der Waals surface area contributed by atoms with Crippen LogP contribution in [0.3, 0.4) is 0 Å². The first-order valence-electron chi connectivity index (χ1n) is 5.49. The van der Waals surface area contributed by atoms with Gasteiger partial charge in [-0.2, -0.15) is 0 Å². The van der Waals surface area contributed by atoms with E-state index in [1.165, 1.54) is 6.33 Å². The Morgan fingerprint density at radius 2 is 2.00 bits per heavy atom. The van der Waals surface area contributed by atoms with Crippen molar-refractivity contribution in [3.63, 3.8) is 0 Å². The van der Waals surface area contributed by atoms with E-state index in [9.17, 15) is 0 Å². The van der Waals surface area contributed by atoms with E-state index in [2.05, 4.69) is 9.97 Å². The van der Waals surface area contributed by atoms with Crippen molar-refractivity contribution in [3.05, 3.63) is 30.6 Å². The average Bonchev–Trinajstić information content (AvgIpc) is 2.89. The summed E-state index contributed by atoms with van der Waals surface area (Å²) in [5.74, 6) is 0.565. The van der Waals surface area contributed by atoms with Crippen molar-refractivity contribution >= 4 is 10.9 Å². The third kappa shape index (κ3) is 2.20. The zero-order valence-electron chi connectivity index (χ0n) is 9.20. The second-order valence-electron chi connectivity index (χ2n) is 3.68. The maximum absolute atomic E-state index is 5.60. The zero-order valence-corrected chi connectivity index (χ0v) is 9.20. The quantitative estimate of drug-likeness (QED) is 0.800. The summed E-state index contributed by atoms with van der Waals surface area (Å²) in [6.07, 6.45) is 1.21. The van der Waals surface area contributed by atoms with Gasteiger partial charge >= 0.3 is 0 Å². The fourth-order valence-corrected chi connectivity index (χ4v) is 1.75. The average molecular weight is 232 g/mol. The summed E-state index contributed by atoms with van der Waals surface area (Å²) in [7, 11) is 0. The number of ether oxygens (including phenoxy) is 3. The summed E-state index contributed by atoms with van der Waals surface area (Å²) in [5, 5.41) is 0.896. The van der Waals surface area contributed by atoms with Gasteiger partial charge in [0.25, 0.3) is 0 Å². The van der Waals surface area contributed by atoms with Crippen molar-refractivity contribution in [1.29, 1.82) is 0 Å². The maximum atomic E-state index is 5.60. The first-order valence-corrected chi connectivity index (χ1v) is 5.49. The summed E-state index contributed by atoms with van der Waals surface area (Å²) in [4.78, 5) is 8.29. The molecule has 5 nitrogen and oxygen atoms in total. The van der Waals surface area contributed by atoms with Gasteiger partial charge in [-0.25, -0.2) is 9.97 Å². The topological polar surface area (TPSA) is 53.5 Å². The van der Waals surface area contributed by atoms with Crippen LogP contribution in [-0.2, 0) is 9.47 Å². The Balaban J connectivity index is 1.79. The fourth-order valence-electron chi connectivity index (χ4n) is 1.75. The molecule has 5 heteroatoms. The molecule has 1 aliphatic rings. The summed E-state index contributed by atoms with van der Waals surface area (Å²) >= 11 is 0. The summed E-state index contributed by atoms with van der Waals surface area (Å²) in [6, 6.07) is 7.72. The van der Waals surface area contributed by atoms with Crippen molar-refractivity contribution in [1.82, 2.24) is 9.97 Å². The lowest BCUT2D eigenvalue weighted by atomic mass is 10.2. The van der Waals surface area contributed by atoms with Crippen LogP contribution < -0.4 is 4.74 Å². The zero-order chi connectivity index (χ0) is 11.5. The summed E-state index contributed by atoms with van der Waals surface area (Å²) in [6.45, 7) is 1.60. The van der Waals surface area contributed by atoms with E-state index < -0.39 is 0 Å². The number of aromatic nitrogens is 2. The molecule has 0 saturated carbocycles. The Bertz CT molecular complexity index is 507. The van der Waals surface area contributed by atoms with Crippen LogP contribution >= 0.6 is 0 Å². The number of fused-ring (bicyclic) bond motifs is 1. The number of rotatable bonds is 3.